The highest BCUT2D eigenvalue weighted by Crippen LogP contribution is 2.60. The van der Waals surface area contributed by atoms with Crippen LogP contribution in [0.5, 0.6) is 17.2 Å². The third-order valence-corrected chi connectivity index (χ3v) is 15.9. The summed E-state index contributed by atoms with van der Waals surface area (Å²) in [5.41, 5.74) is -0.455. The van der Waals surface area contributed by atoms with E-state index in [1.807, 2.05) is 18.7 Å². The quantitative estimate of drug-likeness (QED) is 0.111. The number of carbonyl (C=O) groups is 3. The van der Waals surface area contributed by atoms with Crippen molar-refractivity contribution in [3.8, 4) is 35.5 Å². The zero-order valence-corrected chi connectivity index (χ0v) is 41.4. The molecule has 3 aromatic rings. The molecule has 0 radical (unpaired) electrons. The number of carbonyl (C=O) groups excluding carboxylic acids is 3. The molecule has 0 bridgehead atoms. The molecule has 70 heavy (non-hydrogen) atoms. The Morgan fingerprint density at radius 3 is 1.27 bits per heavy atom. The van der Waals surface area contributed by atoms with Gasteiger partial charge < -0.3 is 38.4 Å². The molecule has 6 unspecified atom stereocenters. The number of nitriles is 3. The lowest BCUT2D eigenvalue weighted by Gasteiger charge is -2.50. The van der Waals surface area contributed by atoms with Crippen LogP contribution in [0.4, 0.5) is 0 Å². The average molecular weight is 975 g/mol. The number of amides is 3. The van der Waals surface area contributed by atoms with Crippen molar-refractivity contribution in [2.45, 2.75) is 140 Å². The first-order valence-electron chi connectivity index (χ1n) is 24.1. The summed E-state index contributed by atoms with van der Waals surface area (Å²) < 4.78 is 62.5. The van der Waals surface area contributed by atoms with Crippen molar-refractivity contribution < 1.29 is 51.7 Å². The van der Waals surface area contributed by atoms with Gasteiger partial charge in [0.15, 0.2) is 0 Å². The fourth-order valence-corrected chi connectivity index (χ4v) is 13.0. The minimum atomic E-state index is -4.56. The van der Waals surface area contributed by atoms with Gasteiger partial charge in [-0.05, 0) is 122 Å². The van der Waals surface area contributed by atoms with Crippen molar-refractivity contribution in [2.75, 3.05) is 39.2 Å². The van der Waals surface area contributed by atoms with Crippen molar-refractivity contribution in [3.63, 3.8) is 0 Å². The predicted molar refractivity (Wildman–Crippen MR) is 251 cm³/mol. The van der Waals surface area contributed by atoms with Crippen molar-refractivity contribution in [1.29, 1.82) is 15.8 Å². The number of fused-ring (bicyclic) bond motifs is 3. The SMILES string of the molecule is CC1(C)Oc2ccc(C#N)cc2C(N2CCCC2=O)C1OCCCOCP(=O)(OC1C(N2CCCC2=O)c2cc(C#N)ccc2OC1(C)C)OC1C(N2CCCC2=O)c2cc(C#N)ccc2OC1(C)C. The zero-order valence-electron chi connectivity index (χ0n) is 40.5. The Kier molecular flexibility index (Phi) is 13.3. The molecular formula is C52H59N6O11P. The van der Waals surface area contributed by atoms with Gasteiger partial charge >= 0.3 is 7.60 Å². The molecule has 0 aliphatic carbocycles. The van der Waals surface area contributed by atoms with Crippen LogP contribution in [0.3, 0.4) is 0 Å². The van der Waals surface area contributed by atoms with Crippen molar-refractivity contribution in [2.24, 2.45) is 0 Å². The largest absolute Gasteiger partial charge is 0.485 e. The highest BCUT2D eigenvalue weighted by molar-refractivity contribution is 7.53. The van der Waals surface area contributed by atoms with Gasteiger partial charge in [-0.2, -0.15) is 15.8 Å². The molecule has 0 aromatic heterocycles. The monoisotopic (exact) mass is 974 g/mol. The lowest BCUT2D eigenvalue weighted by atomic mass is 9.84. The van der Waals surface area contributed by atoms with Gasteiger partial charge in [0, 0.05) is 68.8 Å². The smallest absolute Gasteiger partial charge is 0.357 e. The standard InChI is InChI=1S/C52H59N6O11P/c1-50(2)47(44(56-20-7-11-41(56)59)35-25-32(28-53)14-17-38(35)65-50)64-24-10-23-63-31-70(62,68-48-45(57-21-8-12-42(57)60)36-26-33(29-54)15-18-39(36)66-51(48,3)4)69-49-46(58-22-9-13-43(58)61)37-27-34(30-55)16-19-40(37)67-52(49,5)6/h14-19,25-27,44-49H,7-13,20-24,31H2,1-6H3. The van der Waals surface area contributed by atoms with Gasteiger partial charge in [0.25, 0.3) is 0 Å². The maximum atomic E-state index is 16.1. The van der Waals surface area contributed by atoms with Gasteiger partial charge in [0.05, 0.1) is 53.0 Å². The molecule has 6 atom stereocenters. The Balaban J connectivity index is 1.03. The summed E-state index contributed by atoms with van der Waals surface area (Å²) in [5, 5.41) is 29.7. The van der Waals surface area contributed by atoms with E-state index in [9.17, 15) is 30.2 Å². The van der Waals surface area contributed by atoms with Gasteiger partial charge in [-0.25, -0.2) is 0 Å². The van der Waals surface area contributed by atoms with Crippen LogP contribution in [-0.2, 0) is 37.5 Å². The molecule has 0 spiro atoms. The summed E-state index contributed by atoms with van der Waals surface area (Å²) in [6.45, 7) is 12.4. The molecule has 0 saturated carbocycles. The van der Waals surface area contributed by atoms with Crippen LogP contribution < -0.4 is 14.2 Å². The van der Waals surface area contributed by atoms with Gasteiger partial charge in [-0.15, -0.1) is 0 Å². The van der Waals surface area contributed by atoms with E-state index in [4.69, 9.17) is 32.7 Å². The second-order valence-electron chi connectivity index (χ2n) is 20.5. The molecule has 6 aliphatic rings. The van der Waals surface area contributed by atoms with E-state index in [-0.39, 0.29) is 30.9 Å². The first-order chi connectivity index (χ1) is 33.4. The molecule has 9 rings (SSSR count). The van der Waals surface area contributed by atoms with Gasteiger partial charge in [-0.3, -0.25) is 28.0 Å². The van der Waals surface area contributed by atoms with Crippen LogP contribution in [0.15, 0.2) is 54.6 Å². The van der Waals surface area contributed by atoms with Crippen molar-refractivity contribution in [3.05, 3.63) is 88.0 Å². The van der Waals surface area contributed by atoms with Crippen LogP contribution in [-0.4, -0.2) is 107 Å². The van der Waals surface area contributed by atoms with E-state index < -0.39 is 67.2 Å². The summed E-state index contributed by atoms with van der Waals surface area (Å²) in [5.74, 6) is 1.23. The highest BCUT2D eigenvalue weighted by atomic mass is 31.2. The maximum Gasteiger partial charge on any atom is 0.357 e. The van der Waals surface area contributed by atoms with Crippen LogP contribution in [0.25, 0.3) is 0 Å². The molecule has 0 N–H and O–H groups in total. The highest BCUT2D eigenvalue weighted by Gasteiger charge is 2.57. The lowest BCUT2D eigenvalue weighted by molar-refractivity contribution is -0.149. The fourth-order valence-electron chi connectivity index (χ4n) is 11.0. The minimum absolute atomic E-state index is 0.00237. The lowest BCUT2D eigenvalue weighted by Crippen LogP contribution is -2.56. The van der Waals surface area contributed by atoms with E-state index in [1.54, 1.807) is 92.1 Å². The maximum absolute atomic E-state index is 16.1. The summed E-state index contributed by atoms with van der Waals surface area (Å²) in [6.07, 6.45) is -0.264. The first kappa shape index (κ1) is 49.0. The number of nitrogens with zero attached hydrogens (tertiary/aromatic N) is 6. The number of hydrogen-bond donors (Lipinski definition) is 0. The molecule has 18 heteroatoms. The Bertz CT molecular complexity index is 2640. The number of likely N-dealkylation sites (tertiary alicyclic amines) is 3. The molecule has 3 aromatic carbocycles. The summed E-state index contributed by atoms with van der Waals surface area (Å²) in [7, 11) is -4.56. The molecular weight excluding hydrogens is 916 g/mol. The Morgan fingerprint density at radius 1 is 0.571 bits per heavy atom. The predicted octanol–water partition coefficient (Wildman–Crippen LogP) is 7.92. The Hall–Kier alpha value is -5.99. The van der Waals surface area contributed by atoms with Gasteiger partial charge in [0.2, 0.25) is 17.7 Å². The zero-order chi connectivity index (χ0) is 49.8. The summed E-state index contributed by atoms with van der Waals surface area (Å²) >= 11 is 0. The van der Waals surface area contributed by atoms with Crippen molar-refractivity contribution >= 4 is 25.3 Å². The number of rotatable bonds is 14. The molecule has 368 valence electrons. The Labute approximate surface area is 408 Å². The summed E-state index contributed by atoms with van der Waals surface area (Å²) in [6, 6.07) is 19.6. The average Bonchev–Trinajstić information content (AvgIpc) is 4.07. The van der Waals surface area contributed by atoms with E-state index >= 15 is 4.57 Å². The third-order valence-electron chi connectivity index (χ3n) is 14.3. The van der Waals surface area contributed by atoms with Crippen molar-refractivity contribution in [1.82, 2.24) is 14.7 Å². The van der Waals surface area contributed by atoms with Crippen LogP contribution in [0, 0.1) is 34.0 Å². The first-order valence-corrected chi connectivity index (χ1v) is 25.8. The summed E-state index contributed by atoms with van der Waals surface area (Å²) in [4.78, 5) is 45.9. The fraction of sp³-hybridized carbons (Fsp3) is 0.538. The van der Waals surface area contributed by atoms with Crippen LogP contribution in [0.1, 0.15) is 138 Å². The molecule has 3 amide bonds. The second kappa shape index (κ2) is 19.0. The molecule has 3 saturated heterocycles. The topological polar surface area (TPSA) is 214 Å². The molecule has 6 aliphatic heterocycles. The molecule has 3 fully saturated rings. The van der Waals surface area contributed by atoms with Crippen LogP contribution in [0.2, 0.25) is 0 Å². The van der Waals surface area contributed by atoms with Gasteiger partial charge in [-0.1, -0.05) is 0 Å². The van der Waals surface area contributed by atoms with Crippen LogP contribution >= 0.6 is 7.60 Å². The normalized spacial score (nSPS) is 26.9. The third kappa shape index (κ3) is 9.24. The molecule has 17 nitrogen and oxygen atoms in total. The molecule has 6 heterocycles. The van der Waals surface area contributed by atoms with E-state index in [2.05, 4.69) is 18.2 Å². The van der Waals surface area contributed by atoms with E-state index in [1.165, 1.54) is 0 Å². The number of hydrogen-bond acceptors (Lipinski definition) is 14. The second-order valence-corrected chi connectivity index (χ2v) is 22.4. The Morgan fingerprint density at radius 2 is 0.929 bits per heavy atom. The van der Waals surface area contributed by atoms with E-state index in [0.717, 1.165) is 0 Å². The number of ether oxygens (including phenoxy) is 5. The van der Waals surface area contributed by atoms with E-state index in [0.29, 0.717) is 115 Å². The minimum Gasteiger partial charge on any atom is -0.485 e. The van der Waals surface area contributed by atoms with Gasteiger partial charge in [0.1, 0.15) is 58.7 Å². The number of benzene rings is 3.